The maximum atomic E-state index is 13.2. The fourth-order valence-electron chi connectivity index (χ4n) is 8.78. The number of hydrogen-bond donors (Lipinski definition) is 1. The Morgan fingerprint density at radius 2 is 1.63 bits per heavy atom. The highest BCUT2D eigenvalue weighted by Gasteiger charge is 2.62. The van der Waals surface area contributed by atoms with Crippen LogP contribution in [0.1, 0.15) is 98.8 Å². The van der Waals surface area contributed by atoms with Crippen molar-refractivity contribution in [2.24, 2.45) is 52.3 Å². The Morgan fingerprint density at radius 1 is 0.933 bits per heavy atom. The average molecular weight is 417 g/mol. The normalized spacial score (nSPS) is 45.6. The van der Waals surface area contributed by atoms with E-state index in [1.807, 2.05) is 0 Å². The molecule has 0 unspecified atom stereocenters. The molecule has 9 atom stereocenters. The van der Waals surface area contributed by atoms with E-state index in [2.05, 4.69) is 34.6 Å². The summed E-state index contributed by atoms with van der Waals surface area (Å²) in [4.78, 5) is 25.3. The fraction of sp³-hybridized carbons (Fsp3) is 0.926. The summed E-state index contributed by atoms with van der Waals surface area (Å²) in [7, 11) is 0. The van der Waals surface area contributed by atoms with Crippen LogP contribution in [-0.2, 0) is 9.59 Å². The summed E-state index contributed by atoms with van der Waals surface area (Å²) in [6.45, 7) is 11.6. The monoisotopic (exact) mass is 416 g/mol. The number of hydrogen-bond acceptors (Lipinski definition) is 3. The van der Waals surface area contributed by atoms with Crippen LogP contribution in [0.2, 0.25) is 0 Å². The van der Waals surface area contributed by atoms with Gasteiger partial charge in [0.1, 0.15) is 11.6 Å². The van der Waals surface area contributed by atoms with E-state index < -0.39 is 0 Å². The highest BCUT2D eigenvalue weighted by Crippen LogP contribution is 2.67. The zero-order chi connectivity index (χ0) is 21.8. The Labute approximate surface area is 183 Å². The molecule has 4 saturated carbocycles. The summed E-state index contributed by atoms with van der Waals surface area (Å²) < 4.78 is 0. The van der Waals surface area contributed by atoms with Gasteiger partial charge in [0.25, 0.3) is 0 Å². The zero-order valence-corrected chi connectivity index (χ0v) is 20.0. The SMILES string of the molecule is CC(C)CC[C@@H](O)[C@@H](C)[C@H]1CC[C@H]2[C@@H]3CC(=O)[C@H]4CC(=O)CC[C@]4(C)[C@H]3CC[C@]12C. The molecule has 1 N–H and O–H groups in total. The highest BCUT2D eigenvalue weighted by molar-refractivity contribution is 5.90. The lowest BCUT2D eigenvalue weighted by Crippen LogP contribution is -2.57. The van der Waals surface area contributed by atoms with Crippen molar-refractivity contribution >= 4 is 11.6 Å². The molecule has 0 aromatic heterocycles. The van der Waals surface area contributed by atoms with Crippen molar-refractivity contribution in [2.45, 2.75) is 105 Å². The Morgan fingerprint density at radius 3 is 2.33 bits per heavy atom. The second-order valence-electron chi connectivity index (χ2n) is 12.5. The van der Waals surface area contributed by atoms with Crippen molar-refractivity contribution in [1.82, 2.24) is 0 Å². The number of aliphatic hydroxyl groups is 1. The number of fused-ring (bicyclic) bond motifs is 5. The van der Waals surface area contributed by atoms with Crippen molar-refractivity contribution in [3.05, 3.63) is 0 Å². The van der Waals surface area contributed by atoms with E-state index in [9.17, 15) is 14.7 Å². The maximum absolute atomic E-state index is 13.2. The minimum atomic E-state index is -0.204. The van der Waals surface area contributed by atoms with E-state index in [1.165, 1.54) is 25.7 Å². The molecule has 3 nitrogen and oxygen atoms in total. The molecule has 0 amide bonds. The molecule has 4 fully saturated rings. The molecule has 170 valence electrons. The number of ketones is 2. The predicted molar refractivity (Wildman–Crippen MR) is 120 cm³/mol. The quantitative estimate of drug-likeness (QED) is 0.614. The van der Waals surface area contributed by atoms with Crippen LogP contribution in [0.15, 0.2) is 0 Å². The summed E-state index contributed by atoms with van der Waals surface area (Å²) in [5.41, 5.74) is 0.295. The van der Waals surface area contributed by atoms with Crippen molar-refractivity contribution in [3.8, 4) is 0 Å². The smallest absolute Gasteiger partial charge is 0.137 e. The van der Waals surface area contributed by atoms with Crippen LogP contribution < -0.4 is 0 Å². The van der Waals surface area contributed by atoms with Gasteiger partial charge in [0.05, 0.1) is 6.10 Å². The van der Waals surface area contributed by atoms with Gasteiger partial charge < -0.3 is 5.11 Å². The number of Topliss-reactive ketones (excluding diaryl/α,β-unsaturated/α-hetero) is 2. The number of carbonyl (C=O) groups is 2. The molecule has 0 bridgehead atoms. The van der Waals surface area contributed by atoms with Gasteiger partial charge >= 0.3 is 0 Å². The van der Waals surface area contributed by atoms with E-state index >= 15 is 0 Å². The van der Waals surface area contributed by atoms with Crippen LogP contribution in [0.5, 0.6) is 0 Å². The van der Waals surface area contributed by atoms with Gasteiger partial charge in [-0.1, -0.05) is 34.6 Å². The first kappa shape index (κ1) is 22.5. The van der Waals surface area contributed by atoms with E-state index in [-0.39, 0.29) is 22.9 Å². The fourth-order valence-corrected chi connectivity index (χ4v) is 8.78. The first-order valence-electron chi connectivity index (χ1n) is 12.8. The first-order chi connectivity index (χ1) is 14.1. The van der Waals surface area contributed by atoms with Gasteiger partial charge in [-0.25, -0.2) is 0 Å². The third-order valence-electron chi connectivity index (χ3n) is 10.6. The van der Waals surface area contributed by atoms with Gasteiger partial charge in [-0.3, -0.25) is 9.59 Å². The summed E-state index contributed by atoms with van der Waals surface area (Å²) >= 11 is 0. The third kappa shape index (κ3) is 3.51. The van der Waals surface area contributed by atoms with Gasteiger partial charge in [0, 0.05) is 25.2 Å². The minimum Gasteiger partial charge on any atom is -0.393 e. The summed E-state index contributed by atoms with van der Waals surface area (Å²) in [5.74, 6) is 3.92. The van der Waals surface area contributed by atoms with Gasteiger partial charge in [0.2, 0.25) is 0 Å². The molecule has 30 heavy (non-hydrogen) atoms. The highest BCUT2D eigenvalue weighted by atomic mass is 16.3. The second-order valence-corrected chi connectivity index (χ2v) is 12.5. The molecule has 0 aliphatic heterocycles. The topological polar surface area (TPSA) is 54.4 Å². The van der Waals surface area contributed by atoms with Gasteiger partial charge in [-0.2, -0.15) is 0 Å². The largest absolute Gasteiger partial charge is 0.393 e. The van der Waals surface area contributed by atoms with Crippen LogP contribution >= 0.6 is 0 Å². The average Bonchev–Trinajstić information content (AvgIpc) is 3.04. The predicted octanol–water partition coefficient (Wildman–Crippen LogP) is 5.83. The summed E-state index contributed by atoms with van der Waals surface area (Å²) in [5, 5.41) is 10.9. The molecule has 0 aromatic carbocycles. The minimum absolute atomic E-state index is 0.0154. The lowest BCUT2D eigenvalue weighted by Gasteiger charge is -2.60. The van der Waals surface area contributed by atoms with Crippen LogP contribution in [0.25, 0.3) is 0 Å². The molecule has 0 heterocycles. The number of rotatable bonds is 5. The van der Waals surface area contributed by atoms with E-state index in [4.69, 9.17) is 0 Å². The van der Waals surface area contributed by atoms with Crippen LogP contribution in [-0.4, -0.2) is 22.8 Å². The summed E-state index contributed by atoms with van der Waals surface area (Å²) in [6, 6.07) is 0. The maximum Gasteiger partial charge on any atom is 0.137 e. The van der Waals surface area contributed by atoms with Gasteiger partial charge in [0.15, 0.2) is 0 Å². The van der Waals surface area contributed by atoms with Crippen LogP contribution in [0, 0.1) is 52.3 Å². The Hall–Kier alpha value is -0.700. The van der Waals surface area contributed by atoms with E-state index in [0.717, 1.165) is 19.3 Å². The molecule has 0 spiro atoms. The Balaban J connectivity index is 1.53. The van der Waals surface area contributed by atoms with Crippen molar-refractivity contribution < 1.29 is 14.7 Å². The van der Waals surface area contributed by atoms with Gasteiger partial charge in [-0.15, -0.1) is 0 Å². The molecule has 4 aliphatic rings. The molecule has 0 aromatic rings. The number of carbonyl (C=O) groups excluding carboxylic acids is 2. The van der Waals surface area contributed by atoms with Gasteiger partial charge in [-0.05, 0) is 91.3 Å². The molecule has 4 rings (SSSR count). The third-order valence-corrected chi connectivity index (χ3v) is 10.6. The molecule has 3 heteroatoms. The summed E-state index contributed by atoms with van der Waals surface area (Å²) in [6.07, 6.45) is 9.46. The van der Waals surface area contributed by atoms with Crippen LogP contribution in [0.3, 0.4) is 0 Å². The zero-order valence-electron chi connectivity index (χ0n) is 20.0. The lowest BCUT2D eigenvalue weighted by molar-refractivity contribution is -0.159. The van der Waals surface area contributed by atoms with E-state index in [0.29, 0.717) is 66.3 Å². The lowest BCUT2D eigenvalue weighted by atomic mass is 9.44. The molecule has 4 aliphatic carbocycles. The Kier molecular flexibility index (Phi) is 6.01. The van der Waals surface area contributed by atoms with E-state index in [1.54, 1.807) is 0 Å². The standard InChI is InChI=1S/C27H44O3/c1-16(2)6-9-24(29)17(3)20-7-8-21-19-15-25(30)23-14-18(28)10-12-27(23,5)22(19)11-13-26(20,21)4/h16-17,19-24,29H,6-15H2,1-5H3/t17-,19-,20+,21-,22-,23+,24+,26+,27+/m0/s1. The van der Waals surface area contributed by atoms with Crippen molar-refractivity contribution in [3.63, 3.8) is 0 Å². The Bertz CT molecular complexity index is 684. The molecular formula is C27H44O3. The molecule has 0 radical (unpaired) electrons. The second kappa shape index (κ2) is 8.01. The first-order valence-corrected chi connectivity index (χ1v) is 12.8. The van der Waals surface area contributed by atoms with Crippen LogP contribution in [0.4, 0.5) is 0 Å². The molecular weight excluding hydrogens is 372 g/mol. The van der Waals surface area contributed by atoms with Crippen molar-refractivity contribution in [2.75, 3.05) is 0 Å². The number of aliphatic hydroxyl groups excluding tert-OH is 1. The molecule has 0 saturated heterocycles. The van der Waals surface area contributed by atoms with Crippen molar-refractivity contribution in [1.29, 1.82) is 0 Å².